The van der Waals surface area contributed by atoms with Crippen LogP contribution in [0, 0.1) is 5.92 Å². The molecule has 0 aromatic rings. The van der Waals surface area contributed by atoms with Crippen LogP contribution in [0.5, 0.6) is 0 Å². The third-order valence-corrected chi connectivity index (χ3v) is 2.72. The van der Waals surface area contributed by atoms with E-state index in [-0.39, 0.29) is 12.0 Å². The second kappa shape index (κ2) is 3.03. The molecule has 0 spiro atoms. The molecule has 0 aromatic heterocycles. The molecule has 3 unspecified atom stereocenters. The van der Waals surface area contributed by atoms with Gasteiger partial charge in [0.05, 0.1) is 6.10 Å². The summed E-state index contributed by atoms with van der Waals surface area (Å²) in [4.78, 5) is 10.9. The second-order valence-corrected chi connectivity index (χ2v) is 3.67. The molecule has 0 aromatic carbocycles. The van der Waals surface area contributed by atoms with E-state index in [0.29, 0.717) is 24.9 Å². The number of nitrogens with one attached hydrogen (secondary N) is 2. The monoisotopic (exact) mass is 170 g/mol. The highest BCUT2D eigenvalue weighted by molar-refractivity contribution is 5.78. The topological polar surface area (TPSA) is 61.4 Å². The highest BCUT2D eigenvalue weighted by Crippen LogP contribution is 2.20. The summed E-state index contributed by atoms with van der Waals surface area (Å²) in [6, 6.07) is 0.332. The van der Waals surface area contributed by atoms with Crippen LogP contribution in [-0.2, 0) is 4.79 Å². The molecule has 2 saturated heterocycles. The summed E-state index contributed by atoms with van der Waals surface area (Å²) in [6.07, 6.45) is 1.19. The van der Waals surface area contributed by atoms with Gasteiger partial charge in [0.25, 0.3) is 0 Å². The quantitative estimate of drug-likeness (QED) is 0.465. The Hall–Kier alpha value is -0.610. The molecule has 3 atom stereocenters. The van der Waals surface area contributed by atoms with Crippen molar-refractivity contribution >= 4 is 5.91 Å². The molecule has 3 N–H and O–H groups in total. The zero-order chi connectivity index (χ0) is 8.55. The number of carbonyl (C=O) groups is 1. The molecule has 4 nitrogen and oxygen atoms in total. The lowest BCUT2D eigenvalue weighted by Gasteiger charge is -2.15. The summed E-state index contributed by atoms with van der Waals surface area (Å²) < 4.78 is 0. The van der Waals surface area contributed by atoms with Gasteiger partial charge in [-0.15, -0.1) is 0 Å². The van der Waals surface area contributed by atoms with Crippen molar-refractivity contribution < 1.29 is 9.90 Å². The second-order valence-electron chi connectivity index (χ2n) is 3.67. The van der Waals surface area contributed by atoms with Crippen LogP contribution in [0.3, 0.4) is 0 Å². The minimum atomic E-state index is -0.217. The molecule has 0 saturated carbocycles. The van der Waals surface area contributed by atoms with E-state index in [2.05, 4.69) is 10.6 Å². The van der Waals surface area contributed by atoms with Crippen molar-refractivity contribution in [1.29, 1.82) is 0 Å². The fourth-order valence-electron chi connectivity index (χ4n) is 2.02. The molecule has 2 fully saturated rings. The van der Waals surface area contributed by atoms with Crippen LogP contribution < -0.4 is 10.6 Å². The number of hydrogen-bond donors (Lipinski definition) is 3. The molecular formula is C8H14N2O2. The Morgan fingerprint density at radius 3 is 2.75 bits per heavy atom. The van der Waals surface area contributed by atoms with E-state index in [1.165, 1.54) is 0 Å². The number of aliphatic hydroxyl groups is 1. The third-order valence-electron chi connectivity index (χ3n) is 2.72. The lowest BCUT2D eigenvalue weighted by molar-refractivity contribution is -0.119. The van der Waals surface area contributed by atoms with Crippen molar-refractivity contribution in [3.05, 3.63) is 0 Å². The van der Waals surface area contributed by atoms with Gasteiger partial charge in [0.2, 0.25) is 5.91 Å². The first-order chi connectivity index (χ1) is 5.75. The minimum absolute atomic E-state index is 0.142. The first-order valence-corrected chi connectivity index (χ1v) is 4.44. The van der Waals surface area contributed by atoms with Gasteiger partial charge in [-0.25, -0.2) is 0 Å². The van der Waals surface area contributed by atoms with Crippen molar-refractivity contribution in [3.8, 4) is 0 Å². The average molecular weight is 170 g/mol. The molecule has 0 aliphatic carbocycles. The lowest BCUT2D eigenvalue weighted by atomic mass is 9.97. The third kappa shape index (κ3) is 1.44. The molecule has 4 heteroatoms. The van der Waals surface area contributed by atoms with E-state index >= 15 is 0 Å². The number of rotatable bonds is 1. The predicted molar refractivity (Wildman–Crippen MR) is 43.5 cm³/mol. The Bertz CT molecular complexity index is 195. The van der Waals surface area contributed by atoms with E-state index in [1.807, 2.05) is 0 Å². The van der Waals surface area contributed by atoms with Crippen molar-refractivity contribution in [1.82, 2.24) is 10.6 Å². The molecule has 0 radical (unpaired) electrons. The summed E-state index contributed by atoms with van der Waals surface area (Å²) in [7, 11) is 0. The molecule has 0 bridgehead atoms. The zero-order valence-electron chi connectivity index (χ0n) is 6.92. The molecule has 1 amide bonds. The Labute approximate surface area is 71.3 Å². The van der Waals surface area contributed by atoms with Crippen LogP contribution in [0.15, 0.2) is 0 Å². The summed E-state index contributed by atoms with van der Waals surface area (Å²) in [6.45, 7) is 1.44. The number of carbonyl (C=O) groups excluding carboxylic acids is 1. The number of amides is 1. The van der Waals surface area contributed by atoms with Gasteiger partial charge in [0.1, 0.15) is 0 Å². The van der Waals surface area contributed by atoms with Gasteiger partial charge >= 0.3 is 0 Å². The Morgan fingerprint density at radius 1 is 1.42 bits per heavy atom. The summed E-state index contributed by atoms with van der Waals surface area (Å²) in [5, 5.41) is 15.3. The molecule has 68 valence electrons. The lowest BCUT2D eigenvalue weighted by Crippen LogP contribution is -2.31. The smallest absolute Gasteiger partial charge is 0.220 e. The maximum atomic E-state index is 10.9. The van der Waals surface area contributed by atoms with Gasteiger partial charge in [0, 0.05) is 31.5 Å². The normalized spacial score (nSPS) is 41.8. The fourth-order valence-corrected chi connectivity index (χ4v) is 2.02. The summed E-state index contributed by atoms with van der Waals surface area (Å²) in [5.41, 5.74) is 0. The van der Waals surface area contributed by atoms with Gasteiger partial charge in [-0.1, -0.05) is 0 Å². The van der Waals surface area contributed by atoms with Crippen molar-refractivity contribution in [2.45, 2.75) is 25.0 Å². The van der Waals surface area contributed by atoms with E-state index in [4.69, 9.17) is 0 Å². The first kappa shape index (κ1) is 8.01. The SMILES string of the molecule is O=C1CC(C2CC(O)CN2)CN1. The average Bonchev–Trinajstić information content (AvgIpc) is 2.58. The highest BCUT2D eigenvalue weighted by Gasteiger charge is 2.33. The largest absolute Gasteiger partial charge is 0.392 e. The standard InChI is InChI=1S/C8H14N2O2/c11-6-2-7(9-4-6)5-1-8(12)10-3-5/h5-7,9,11H,1-4H2,(H,10,12). The van der Waals surface area contributed by atoms with Gasteiger partial charge in [-0.05, 0) is 6.42 Å². The van der Waals surface area contributed by atoms with Crippen molar-refractivity contribution in [2.75, 3.05) is 13.1 Å². The molecule has 2 aliphatic heterocycles. The van der Waals surface area contributed by atoms with Crippen LogP contribution >= 0.6 is 0 Å². The zero-order valence-corrected chi connectivity index (χ0v) is 6.92. The number of β-amino-alcohol motifs (C(OH)–C–C–N with tert-alkyl or cyclic N) is 1. The number of hydrogen-bond acceptors (Lipinski definition) is 3. The molecular weight excluding hydrogens is 156 g/mol. The van der Waals surface area contributed by atoms with Gasteiger partial charge in [-0.2, -0.15) is 0 Å². The van der Waals surface area contributed by atoms with Crippen LogP contribution in [0.2, 0.25) is 0 Å². The van der Waals surface area contributed by atoms with E-state index < -0.39 is 0 Å². The fraction of sp³-hybridized carbons (Fsp3) is 0.875. The summed E-state index contributed by atoms with van der Waals surface area (Å²) in [5.74, 6) is 0.526. The van der Waals surface area contributed by atoms with Crippen LogP contribution in [0.25, 0.3) is 0 Å². The van der Waals surface area contributed by atoms with Crippen LogP contribution in [-0.4, -0.2) is 36.2 Å². The van der Waals surface area contributed by atoms with E-state index in [9.17, 15) is 9.90 Å². The van der Waals surface area contributed by atoms with Crippen LogP contribution in [0.4, 0.5) is 0 Å². The Morgan fingerprint density at radius 2 is 2.25 bits per heavy atom. The maximum Gasteiger partial charge on any atom is 0.220 e. The van der Waals surface area contributed by atoms with Gasteiger partial charge in [-0.3, -0.25) is 4.79 Å². The number of aliphatic hydroxyl groups excluding tert-OH is 1. The summed E-state index contributed by atoms with van der Waals surface area (Å²) >= 11 is 0. The van der Waals surface area contributed by atoms with E-state index in [1.54, 1.807) is 0 Å². The predicted octanol–water partition coefficient (Wildman–Crippen LogP) is -1.15. The van der Waals surface area contributed by atoms with Crippen molar-refractivity contribution in [2.24, 2.45) is 5.92 Å². The first-order valence-electron chi connectivity index (χ1n) is 4.44. The molecule has 2 aliphatic rings. The molecule has 2 heterocycles. The van der Waals surface area contributed by atoms with Crippen molar-refractivity contribution in [3.63, 3.8) is 0 Å². The Kier molecular flexibility index (Phi) is 2.02. The van der Waals surface area contributed by atoms with Gasteiger partial charge in [0.15, 0.2) is 0 Å². The highest BCUT2D eigenvalue weighted by atomic mass is 16.3. The Balaban J connectivity index is 1.89. The maximum absolute atomic E-state index is 10.9. The van der Waals surface area contributed by atoms with E-state index in [0.717, 1.165) is 13.0 Å². The molecule has 12 heavy (non-hydrogen) atoms. The minimum Gasteiger partial charge on any atom is -0.392 e. The van der Waals surface area contributed by atoms with Gasteiger partial charge < -0.3 is 15.7 Å². The molecule has 2 rings (SSSR count). The van der Waals surface area contributed by atoms with Crippen LogP contribution in [0.1, 0.15) is 12.8 Å².